The van der Waals surface area contributed by atoms with Crippen LogP contribution < -0.4 is 0 Å². The number of hydrogen-bond donors (Lipinski definition) is 0. The van der Waals surface area contributed by atoms with Gasteiger partial charge in [0.25, 0.3) is 0 Å². The topological polar surface area (TPSA) is 54.5 Å². The minimum Gasteiger partial charge on any atom is -0.339 e. The molecule has 1 amide bonds. The quantitative estimate of drug-likeness (QED) is 0.843. The second kappa shape index (κ2) is 6.62. The minimum absolute atomic E-state index is 0.0436. The highest BCUT2D eigenvalue weighted by atomic mass is 32.2. The van der Waals surface area contributed by atoms with Crippen molar-refractivity contribution in [3.05, 3.63) is 52.2 Å². The van der Waals surface area contributed by atoms with Crippen molar-refractivity contribution in [1.29, 1.82) is 0 Å². The molecule has 0 aliphatic heterocycles. The van der Waals surface area contributed by atoms with Crippen molar-refractivity contribution in [1.82, 2.24) is 4.90 Å². The van der Waals surface area contributed by atoms with E-state index in [0.29, 0.717) is 6.42 Å². The van der Waals surface area contributed by atoms with Gasteiger partial charge in [-0.2, -0.15) is 0 Å². The molecule has 0 unspecified atom stereocenters. The molecule has 1 atom stereocenters. The molecule has 0 N–H and O–H groups in total. The summed E-state index contributed by atoms with van der Waals surface area (Å²) in [6.07, 6.45) is 1.57. The second-order valence-electron chi connectivity index (χ2n) is 5.28. The van der Waals surface area contributed by atoms with E-state index < -0.39 is 9.84 Å². The monoisotopic (exact) mass is 337 g/mol. The molecule has 4 nitrogen and oxygen atoms in total. The molecule has 0 saturated carbocycles. The number of carbonyl (C=O) groups excluding carboxylic acids is 1. The standard InChI is InChI=1S/C16H19NO3S2/c1-12(13-6-8-15(9-7-13)22(3,19)20)17(2)16(18)11-14-5-4-10-21-14/h4-10,12H,11H2,1-3H3/t12-/m1/s1. The van der Waals surface area contributed by atoms with Crippen LogP contribution in [0.5, 0.6) is 0 Å². The molecule has 2 rings (SSSR count). The third kappa shape index (κ3) is 3.96. The first-order chi connectivity index (χ1) is 10.3. The fraction of sp³-hybridized carbons (Fsp3) is 0.312. The maximum atomic E-state index is 12.3. The predicted octanol–water partition coefficient (Wildman–Crippen LogP) is 2.91. The Hall–Kier alpha value is -1.66. The number of thiophene rings is 1. The molecule has 2 aromatic rings. The summed E-state index contributed by atoms with van der Waals surface area (Å²) in [7, 11) is -1.43. The van der Waals surface area contributed by atoms with Gasteiger partial charge in [-0.05, 0) is 36.1 Å². The van der Waals surface area contributed by atoms with Gasteiger partial charge in [-0.25, -0.2) is 8.42 Å². The Labute approximate surface area is 135 Å². The van der Waals surface area contributed by atoms with Crippen LogP contribution in [0, 0.1) is 0 Å². The lowest BCUT2D eigenvalue weighted by molar-refractivity contribution is -0.131. The van der Waals surface area contributed by atoms with Gasteiger partial charge in [-0.15, -0.1) is 11.3 Å². The van der Waals surface area contributed by atoms with E-state index in [1.165, 1.54) is 6.26 Å². The van der Waals surface area contributed by atoms with E-state index in [9.17, 15) is 13.2 Å². The lowest BCUT2D eigenvalue weighted by Crippen LogP contribution is -2.30. The van der Waals surface area contributed by atoms with Crippen molar-refractivity contribution in [3.63, 3.8) is 0 Å². The van der Waals surface area contributed by atoms with Crippen LogP contribution in [0.3, 0.4) is 0 Å². The van der Waals surface area contributed by atoms with Gasteiger partial charge >= 0.3 is 0 Å². The van der Waals surface area contributed by atoms with Gasteiger partial charge in [0.05, 0.1) is 17.4 Å². The fourth-order valence-electron chi connectivity index (χ4n) is 2.12. The van der Waals surface area contributed by atoms with Crippen molar-refractivity contribution in [2.45, 2.75) is 24.3 Å². The molecule has 0 spiro atoms. The average molecular weight is 337 g/mol. The molecular weight excluding hydrogens is 318 g/mol. The largest absolute Gasteiger partial charge is 0.339 e. The number of rotatable bonds is 5. The maximum Gasteiger partial charge on any atom is 0.228 e. The summed E-state index contributed by atoms with van der Waals surface area (Å²) in [6.45, 7) is 1.93. The zero-order chi connectivity index (χ0) is 16.3. The van der Waals surface area contributed by atoms with Gasteiger partial charge in [0.1, 0.15) is 0 Å². The smallest absolute Gasteiger partial charge is 0.228 e. The molecule has 1 aromatic heterocycles. The van der Waals surface area contributed by atoms with Crippen LogP contribution in [0.1, 0.15) is 23.4 Å². The Morgan fingerprint density at radius 2 is 1.86 bits per heavy atom. The summed E-state index contributed by atoms with van der Waals surface area (Å²) in [5.74, 6) is 0.0436. The number of benzene rings is 1. The van der Waals surface area contributed by atoms with E-state index in [4.69, 9.17) is 0 Å². The lowest BCUT2D eigenvalue weighted by atomic mass is 10.1. The van der Waals surface area contributed by atoms with E-state index in [1.54, 1.807) is 47.5 Å². The van der Waals surface area contributed by atoms with Crippen molar-refractivity contribution < 1.29 is 13.2 Å². The van der Waals surface area contributed by atoms with E-state index in [1.807, 2.05) is 24.4 Å². The van der Waals surface area contributed by atoms with Gasteiger partial charge in [0, 0.05) is 18.2 Å². The number of likely N-dealkylation sites (N-methyl/N-ethyl adjacent to an activating group) is 1. The average Bonchev–Trinajstić information content (AvgIpc) is 2.97. The van der Waals surface area contributed by atoms with Crippen LogP contribution in [0.25, 0.3) is 0 Å². The van der Waals surface area contributed by atoms with Crippen LogP contribution >= 0.6 is 11.3 Å². The first kappa shape index (κ1) is 16.7. The number of nitrogens with zero attached hydrogens (tertiary/aromatic N) is 1. The molecule has 1 heterocycles. The highest BCUT2D eigenvalue weighted by Crippen LogP contribution is 2.22. The first-order valence-electron chi connectivity index (χ1n) is 6.87. The maximum absolute atomic E-state index is 12.3. The predicted molar refractivity (Wildman–Crippen MR) is 88.8 cm³/mol. The molecule has 6 heteroatoms. The summed E-state index contributed by atoms with van der Waals surface area (Å²) >= 11 is 1.57. The van der Waals surface area contributed by atoms with Crippen LogP contribution in [0.15, 0.2) is 46.7 Å². The molecule has 0 aliphatic rings. The molecular formula is C16H19NO3S2. The molecule has 22 heavy (non-hydrogen) atoms. The summed E-state index contributed by atoms with van der Waals surface area (Å²) in [5.41, 5.74) is 0.912. The molecule has 0 fully saturated rings. The van der Waals surface area contributed by atoms with Crippen LogP contribution in [0.2, 0.25) is 0 Å². The Morgan fingerprint density at radius 1 is 1.23 bits per heavy atom. The zero-order valence-electron chi connectivity index (χ0n) is 12.8. The molecule has 0 bridgehead atoms. The number of amides is 1. The van der Waals surface area contributed by atoms with Crippen LogP contribution in [0.4, 0.5) is 0 Å². The van der Waals surface area contributed by atoms with Gasteiger partial charge in [-0.1, -0.05) is 18.2 Å². The number of carbonyl (C=O) groups is 1. The molecule has 118 valence electrons. The summed E-state index contributed by atoms with van der Waals surface area (Å²) in [5, 5.41) is 1.95. The molecule has 0 saturated heterocycles. The highest BCUT2D eigenvalue weighted by molar-refractivity contribution is 7.90. The van der Waals surface area contributed by atoms with Crippen molar-refractivity contribution >= 4 is 27.1 Å². The first-order valence-corrected chi connectivity index (χ1v) is 9.64. The van der Waals surface area contributed by atoms with Crippen LogP contribution in [-0.2, 0) is 21.1 Å². The van der Waals surface area contributed by atoms with Crippen molar-refractivity contribution in [2.75, 3.05) is 13.3 Å². The second-order valence-corrected chi connectivity index (χ2v) is 8.33. The third-order valence-corrected chi connectivity index (χ3v) is 5.68. The van der Waals surface area contributed by atoms with E-state index in [0.717, 1.165) is 10.4 Å². The molecule has 1 aromatic carbocycles. The third-order valence-electron chi connectivity index (χ3n) is 3.67. The van der Waals surface area contributed by atoms with Crippen molar-refractivity contribution in [3.8, 4) is 0 Å². The Kier molecular flexibility index (Phi) is 5.03. The molecule has 0 aliphatic carbocycles. The van der Waals surface area contributed by atoms with E-state index in [-0.39, 0.29) is 16.8 Å². The Bertz CT molecular complexity index is 734. The normalized spacial score (nSPS) is 12.9. The van der Waals surface area contributed by atoms with Crippen molar-refractivity contribution in [2.24, 2.45) is 0 Å². The number of hydrogen-bond acceptors (Lipinski definition) is 4. The van der Waals surface area contributed by atoms with Gasteiger partial charge in [0.2, 0.25) is 5.91 Å². The summed E-state index contributed by atoms with van der Waals surface area (Å²) < 4.78 is 22.9. The minimum atomic E-state index is -3.20. The Morgan fingerprint density at radius 3 is 2.36 bits per heavy atom. The van der Waals surface area contributed by atoms with Gasteiger partial charge < -0.3 is 4.90 Å². The summed E-state index contributed by atoms with van der Waals surface area (Å²) in [4.78, 5) is 15.3. The summed E-state index contributed by atoms with van der Waals surface area (Å²) in [6, 6.07) is 10.5. The van der Waals surface area contributed by atoms with Crippen LogP contribution in [-0.4, -0.2) is 32.5 Å². The number of sulfone groups is 1. The van der Waals surface area contributed by atoms with Gasteiger partial charge in [0.15, 0.2) is 9.84 Å². The molecule has 0 radical (unpaired) electrons. The van der Waals surface area contributed by atoms with Gasteiger partial charge in [-0.3, -0.25) is 4.79 Å². The SMILES string of the molecule is C[C@H](c1ccc(S(C)(=O)=O)cc1)N(C)C(=O)Cc1cccs1. The highest BCUT2D eigenvalue weighted by Gasteiger charge is 2.18. The van der Waals surface area contributed by atoms with E-state index >= 15 is 0 Å². The Balaban J connectivity index is 2.09. The fourth-order valence-corrected chi connectivity index (χ4v) is 3.45. The zero-order valence-corrected chi connectivity index (χ0v) is 14.4. The lowest BCUT2D eigenvalue weighted by Gasteiger charge is -2.25. The van der Waals surface area contributed by atoms with E-state index in [2.05, 4.69) is 0 Å².